The van der Waals surface area contributed by atoms with Gasteiger partial charge in [-0.2, -0.15) is 5.10 Å². The van der Waals surface area contributed by atoms with Crippen molar-refractivity contribution in [2.45, 2.75) is 31.8 Å². The minimum atomic E-state index is -0.468. The number of ether oxygens (including phenoxy) is 2. The fourth-order valence-corrected chi connectivity index (χ4v) is 5.77. The third-order valence-corrected chi connectivity index (χ3v) is 8.24. The van der Waals surface area contributed by atoms with Gasteiger partial charge in [0, 0.05) is 62.0 Å². The fraction of sp³-hybridized carbons (Fsp3) is 0.355. The second-order valence-corrected chi connectivity index (χ2v) is 11.0. The van der Waals surface area contributed by atoms with Gasteiger partial charge in [0.1, 0.15) is 22.7 Å². The zero-order valence-corrected chi connectivity index (χ0v) is 24.9. The molecule has 4 aromatic rings. The summed E-state index contributed by atoms with van der Waals surface area (Å²) < 4.78 is 10.7. The molecule has 0 aliphatic carbocycles. The van der Waals surface area contributed by atoms with Crippen LogP contribution in [0.5, 0.6) is 11.5 Å². The van der Waals surface area contributed by atoms with E-state index >= 15 is 0 Å². The normalized spacial score (nSPS) is 16.0. The van der Waals surface area contributed by atoms with Crippen LogP contribution < -0.4 is 30.1 Å². The molecule has 44 heavy (non-hydrogen) atoms. The fourth-order valence-electron chi connectivity index (χ4n) is 5.77. The van der Waals surface area contributed by atoms with Crippen LogP contribution in [0.1, 0.15) is 25.0 Å². The molecule has 4 heterocycles. The number of H-pyrrole nitrogens is 1. The van der Waals surface area contributed by atoms with E-state index in [1.807, 2.05) is 18.2 Å². The van der Waals surface area contributed by atoms with Crippen LogP contribution in [0.4, 0.5) is 16.3 Å². The molecule has 0 spiro atoms. The van der Waals surface area contributed by atoms with Gasteiger partial charge < -0.3 is 19.4 Å². The number of carbonyl (C=O) groups excluding carboxylic acids is 2. The van der Waals surface area contributed by atoms with E-state index in [0.29, 0.717) is 53.2 Å². The van der Waals surface area contributed by atoms with Crippen molar-refractivity contribution in [1.82, 2.24) is 30.4 Å². The van der Waals surface area contributed by atoms with E-state index in [2.05, 4.69) is 54.5 Å². The lowest BCUT2D eigenvalue weighted by atomic mass is 10.0. The van der Waals surface area contributed by atoms with E-state index in [9.17, 15) is 14.4 Å². The molecule has 2 N–H and O–H groups in total. The molecule has 2 fully saturated rings. The van der Waals surface area contributed by atoms with Crippen LogP contribution in [-0.2, 0) is 11.3 Å². The average molecular weight is 599 g/mol. The molecular weight excluding hydrogens is 564 g/mol. The number of amides is 3. The Kier molecular flexibility index (Phi) is 8.11. The molecule has 228 valence electrons. The summed E-state index contributed by atoms with van der Waals surface area (Å²) in [6.45, 7) is 2.76. The van der Waals surface area contributed by atoms with Crippen LogP contribution in [0.15, 0.2) is 53.3 Å². The lowest BCUT2D eigenvalue weighted by molar-refractivity contribution is -0.120. The maximum Gasteiger partial charge on any atom is 0.329 e. The maximum atomic E-state index is 12.9. The van der Waals surface area contributed by atoms with Gasteiger partial charge in [-0.05, 0) is 56.3 Å². The lowest BCUT2D eigenvalue weighted by Gasteiger charge is -2.37. The van der Waals surface area contributed by atoms with Gasteiger partial charge in [-0.15, -0.1) is 5.10 Å². The standard InChI is InChI=1S/C31H34N8O5/c1-37(18-20-6-9-26(36-35-20)39-15-12-27(40)33-31(39)42)21-10-13-38(14-11-21)22-7-4-19(5-8-22)29-32-24-16-23(43-2)17-25(44-3)28(24)30(41)34-29/h4-9,16-17,21H,10-15,18H2,1-3H3,(H,32,34,41)(H,33,40,42). The van der Waals surface area contributed by atoms with E-state index in [1.54, 1.807) is 25.3 Å². The summed E-state index contributed by atoms with van der Waals surface area (Å²) in [5.41, 5.74) is 2.98. The number of imide groups is 1. The number of hydrogen-bond donors (Lipinski definition) is 2. The SMILES string of the molecule is COc1cc(OC)c2c(=O)[nH]c(-c3ccc(N4CCC(N(C)Cc5ccc(N6CCC(=O)NC6=O)nn5)CC4)cc3)nc2c1. The summed E-state index contributed by atoms with van der Waals surface area (Å²) in [5, 5.41) is 11.2. The zero-order chi connectivity index (χ0) is 30.8. The summed E-state index contributed by atoms with van der Waals surface area (Å²) in [6.07, 6.45) is 2.24. The van der Waals surface area contributed by atoms with Gasteiger partial charge in [-0.3, -0.25) is 24.7 Å². The molecule has 0 unspecified atom stereocenters. The minimum Gasteiger partial charge on any atom is -0.497 e. The number of methoxy groups -OCH3 is 2. The number of hydrogen-bond acceptors (Lipinski definition) is 10. The molecule has 0 atom stereocenters. The molecule has 2 saturated heterocycles. The van der Waals surface area contributed by atoms with E-state index in [-0.39, 0.29) is 17.9 Å². The Morgan fingerprint density at radius 1 is 0.955 bits per heavy atom. The summed E-state index contributed by atoms with van der Waals surface area (Å²) in [5.74, 6) is 1.62. The highest BCUT2D eigenvalue weighted by Crippen LogP contribution is 2.30. The predicted molar refractivity (Wildman–Crippen MR) is 165 cm³/mol. The Morgan fingerprint density at radius 3 is 2.39 bits per heavy atom. The van der Waals surface area contributed by atoms with Gasteiger partial charge >= 0.3 is 6.03 Å². The molecule has 2 aliphatic heterocycles. The molecule has 6 rings (SSSR count). The second kappa shape index (κ2) is 12.3. The van der Waals surface area contributed by atoms with E-state index < -0.39 is 6.03 Å². The number of piperidine rings is 1. The number of benzene rings is 2. The van der Waals surface area contributed by atoms with Crippen LogP contribution >= 0.6 is 0 Å². The van der Waals surface area contributed by atoms with Gasteiger partial charge in [-0.1, -0.05) is 0 Å². The first-order valence-corrected chi connectivity index (χ1v) is 14.5. The average Bonchev–Trinajstić information content (AvgIpc) is 3.04. The molecule has 3 amide bonds. The molecule has 0 saturated carbocycles. The number of fused-ring (bicyclic) bond motifs is 1. The molecule has 0 radical (unpaired) electrons. The molecule has 13 nitrogen and oxygen atoms in total. The second-order valence-electron chi connectivity index (χ2n) is 11.0. The van der Waals surface area contributed by atoms with Crippen molar-refractivity contribution in [1.29, 1.82) is 0 Å². The number of nitrogens with zero attached hydrogens (tertiary/aromatic N) is 6. The first kappa shape index (κ1) is 29.1. The number of rotatable bonds is 8. The Labute approximate surface area is 253 Å². The van der Waals surface area contributed by atoms with Crippen molar-refractivity contribution in [2.75, 3.05) is 50.7 Å². The van der Waals surface area contributed by atoms with Gasteiger partial charge in [0.05, 0.1) is 25.4 Å². The van der Waals surface area contributed by atoms with Gasteiger partial charge in [0.2, 0.25) is 5.91 Å². The quantitative estimate of drug-likeness (QED) is 0.310. The maximum absolute atomic E-state index is 12.9. The molecular formula is C31H34N8O5. The number of aromatic nitrogens is 4. The molecule has 2 aliphatic rings. The summed E-state index contributed by atoms with van der Waals surface area (Å²) >= 11 is 0. The molecule has 2 aromatic carbocycles. The Balaban J connectivity index is 1.06. The summed E-state index contributed by atoms with van der Waals surface area (Å²) in [7, 11) is 5.17. The topological polar surface area (TPSA) is 146 Å². The number of anilines is 2. The van der Waals surface area contributed by atoms with Crippen LogP contribution in [0, 0.1) is 0 Å². The van der Waals surface area contributed by atoms with Gasteiger partial charge in [-0.25, -0.2) is 9.78 Å². The zero-order valence-electron chi connectivity index (χ0n) is 24.9. The number of urea groups is 1. The van der Waals surface area contributed by atoms with Crippen LogP contribution in [0.2, 0.25) is 0 Å². The van der Waals surface area contributed by atoms with E-state index in [0.717, 1.165) is 42.9 Å². The highest BCUT2D eigenvalue weighted by molar-refractivity contribution is 6.05. The molecule has 2 aromatic heterocycles. The summed E-state index contributed by atoms with van der Waals surface area (Å²) in [4.78, 5) is 50.0. The van der Waals surface area contributed by atoms with Crippen molar-refractivity contribution in [3.8, 4) is 22.9 Å². The van der Waals surface area contributed by atoms with Crippen molar-refractivity contribution in [2.24, 2.45) is 0 Å². The smallest absolute Gasteiger partial charge is 0.329 e. The largest absolute Gasteiger partial charge is 0.497 e. The summed E-state index contributed by atoms with van der Waals surface area (Å²) in [6, 6.07) is 15.0. The Morgan fingerprint density at radius 2 is 1.73 bits per heavy atom. The van der Waals surface area contributed by atoms with Crippen LogP contribution in [0.3, 0.4) is 0 Å². The first-order chi connectivity index (χ1) is 21.3. The third-order valence-electron chi connectivity index (χ3n) is 8.24. The van der Waals surface area contributed by atoms with Crippen molar-refractivity contribution in [3.05, 3.63) is 64.6 Å². The van der Waals surface area contributed by atoms with Crippen molar-refractivity contribution in [3.63, 3.8) is 0 Å². The highest BCUT2D eigenvalue weighted by Gasteiger charge is 2.26. The number of nitrogens with one attached hydrogen (secondary N) is 2. The third kappa shape index (κ3) is 5.91. The lowest BCUT2D eigenvalue weighted by Crippen LogP contribution is -2.50. The molecule has 13 heteroatoms. The first-order valence-electron chi connectivity index (χ1n) is 14.5. The number of aromatic amines is 1. The van der Waals surface area contributed by atoms with Crippen molar-refractivity contribution < 1.29 is 19.1 Å². The van der Waals surface area contributed by atoms with Crippen molar-refractivity contribution >= 4 is 34.3 Å². The van der Waals surface area contributed by atoms with E-state index in [1.165, 1.54) is 12.0 Å². The van der Waals surface area contributed by atoms with Gasteiger partial charge in [0.25, 0.3) is 5.56 Å². The Bertz CT molecular complexity index is 1730. The predicted octanol–water partition coefficient (Wildman–Crippen LogP) is 2.94. The monoisotopic (exact) mass is 598 g/mol. The Hall–Kier alpha value is -5.04. The van der Waals surface area contributed by atoms with E-state index in [4.69, 9.17) is 9.47 Å². The number of carbonyl (C=O) groups is 2. The van der Waals surface area contributed by atoms with Crippen LogP contribution in [0.25, 0.3) is 22.3 Å². The highest BCUT2D eigenvalue weighted by atomic mass is 16.5. The van der Waals surface area contributed by atoms with Gasteiger partial charge in [0.15, 0.2) is 5.82 Å². The molecule has 0 bridgehead atoms. The van der Waals surface area contributed by atoms with Crippen LogP contribution in [-0.4, -0.2) is 83.9 Å². The minimum absolute atomic E-state index is 0.245.